The number of nitrogens with two attached hydrogens (primary N) is 1. The van der Waals surface area contributed by atoms with Crippen LogP contribution in [-0.4, -0.2) is 13.9 Å². The first-order chi connectivity index (χ1) is 5.52. The average molecular weight is 169 g/mol. The van der Waals surface area contributed by atoms with Gasteiger partial charge < -0.3 is 5.73 Å². The Morgan fingerprint density at radius 3 is 2.42 bits per heavy atom. The van der Waals surface area contributed by atoms with Gasteiger partial charge in [0.2, 0.25) is 0 Å². The van der Waals surface area contributed by atoms with Crippen molar-refractivity contribution in [2.45, 2.75) is 64.2 Å². The molecule has 2 N–H and O–H groups in total. The lowest BCUT2D eigenvalue weighted by atomic mass is 9.65. The zero-order valence-electron chi connectivity index (χ0n) is 9.19. The minimum absolute atomic E-state index is 0.428. The molecule has 2 heteroatoms. The van der Waals surface area contributed by atoms with Crippen LogP contribution in [0.15, 0.2) is 0 Å². The summed E-state index contributed by atoms with van der Waals surface area (Å²) < 4.78 is 0. The van der Waals surface area contributed by atoms with Gasteiger partial charge in [-0.25, -0.2) is 0 Å². The molecule has 0 saturated carbocycles. The van der Waals surface area contributed by atoms with E-state index in [1.54, 1.807) is 0 Å². The van der Waals surface area contributed by atoms with Gasteiger partial charge in [-0.05, 0) is 12.8 Å². The highest BCUT2D eigenvalue weighted by Crippen LogP contribution is 2.31. The molecule has 0 spiro atoms. The first-order valence-corrected chi connectivity index (χ1v) is 5.27. The molecule has 12 heavy (non-hydrogen) atoms. The summed E-state index contributed by atoms with van der Waals surface area (Å²) in [7, 11) is 2.34. The van der Waals surface area contributed by atoms with Gasteiger partial charge in [0.1, 0.15) is 7.85 Å². The van der Waals surface area contributed by atoms with Crippen molar-refractivity contribution in [3.8, 4) is 0 Å². The Bertz CT molecular complexity index is 112. The molecule has 0 amide bonds. The normalized spacial score (nSPS) is 18.7. The van der Waals surface area contributed by atoms with Gasteiger partial charge in [-0.1, -0.05) is 45.3 Å². The predicted molar refractivity (Wildman–Crippen MR) is 59.3 cm³/mol. The lowest BCUT2D eigenvalue weighted by Gasteiger charge is -2.22. The molecule has 0 rings (SSSR count). The molecule has 2 unspecified atom stereocenters. The van der Waals surface area contributed by atoms with Crippen molar-refractivity contribution in [3.63, 3.8) is 0 Å². The fourth-order valence-electron chi connectivity index (χ4n) is 1.22. The summed E-state index contributed by atoms with van der Waals surface area (Å²) in [6.45, 7) is 6.76. The minimum Gasteiger partial charge on any atom is -0.328 e. The molecule has 0 aliphatic rings. The maximum atomic E-state index is 5.84. The molecule has 0 saturated heterocycles. The third kappa shape index (κ3) is 5.65. The molecular weight excluding hydrogens is 145 g/mol. The Kier molecular flexibility index (Phi) is 5.64. The highest BCUT2D eigenvalue weighted by atomic mass is 14.6. The third-order valence-corrected chi connectivity index (χ3v) is 2.91. The van der Waals surface area contributed by atoms with Crippen molar-refractivity contribution in [2.75, 3.05) is 0 Å². The van der Waals surface area contributed by atoms with Crippen LogP contribution < -0.4 is 5.73 Å². The Balaban J connectivity index is 3.42. The summed E-state index contributed by atoms with van der Waals surface area (Å²) in [5, 5.41) is 0.521. The molecule has 0 fully saturated rings. The van der Waals surface area contributed by atoms with Crippen molar-refractivity contribution in [2.24, 2.45) is 5.73 Å². The second-order valence-corrected chi connectivity index (χ2v) is 4.58. The van der Waals surface area contributed by atoms with E-state index in [-0.39, 0.29) is 0 Å². The molecule has 0 aromatic carbocycles. The highest BCUT2D eigenvalue weighted by Gasteiger charge is 2.14. The van der Waals surface area contributed by atoms with Gasteiger partial charge in [0.15, 0.2) is 0 Å². The summed E-state index contributed by atoms with van der Waals surface area (Å²) >= 11 is 0. The van der Waals surface area contributed by atoms with Gasteiger partial charge in [0.05, 0.1) is 0 Å². The number of hydrogen-bond acceptors (Lipinski definition) is 1. The van der Waals surface area contributed by atoms with Crippen LogP contribution in [-0.2, 0) is 0 Å². The molecule has 0 aliphatic heterocycles. The molecule has 72 valence electrons. The summed E-state index contributed by atoms with van der Waals surface area (Å²) in [5.41, 5.74) is 5.84. The van der Waals surface area contributed by atoms with Crippen LogP contribution in [0, 0.1) is 0 Å². The van der Waals surface area contributed by atoms with E-state index in [1.165, 1.54) is 25.7 Å². The van der Waals surface area contributed by atoms with Gasteiger partial charge >= 0.3 is 0 Å². The maximum Gasteiger partial charge on any atom is 0.109 e. The van der Waals surface area contributed by atoms with Gasteiger partial charge in [0.25, 0.3) is 0 Å². The molecule has 0 radical (unpaired) electrons. The van der Waals surface area contributed by atoms with E-state index in [4.69, 9.17) is 5.73 Å². The highest BCUT2D eigenvalue weighted by molar-refractivity contribution is 6.14. The van der Waals surface area contributed by atoms with Crippen LogP contribution in [0.4, 0.5) is 0 Å². The quantitative estimate of drug-likeness (QED) is 0.605. The third-order valence-electron chi connectivity index (χ3n) is 2.91. The topological polar surface area (TPSA) is 26.0 Å². The van der Waals surface area contributed by atoms with E-state index in [1.807, 2.05) is 0 Å². The molecule has 0 bridgehead atoms. The van der Waals surface area contributed by atoms with Crippen LogP contribution in [0.3, 0.4) is 0 Å². The van der Waals surface area contributed by atoms with Crippen LogP contribution in [0.25, 0.3) is 0 Å². The van der Waals surface area contributed by atoms with E-state index in [0.717, 1.165) is 6.42 Å². The van der Waals surface area contributed by atoms with Gasteiger partial charge in [0, 0.05) is 6.04 Å². The Morgan fingerprint density at radius 1 is 1.42 bits per heavy atom. The molecule has 0 aromatic heterocycles. The van der Waals surface area contributed by atoms with Crippen molar-refractivity contribution >= 4 is 7.85 Å². The Labute approximate surface area is 78.5 Å². The second-order valence-electron chi connectivity index (χ2n) is 4.58. The monoisotopic (exact) mass is 169 g/mol. The van der Waals surface area contributed by atoms with E-state index < -0.39 is 0 Å². The van der Waals surface area contributed by atoms with Crippen molar-refractivity contribution < 1.29 is 0 Å². The van der Waals surface area contributed by atoms with E-state index >= 15 is 0 Å². The Morgan fingerprint density at radius 2 is 2.00 bits per heavy atom. The fraction of sp³-hybridized carbons (Fsp3) is 1.00. The van der Waals surface area contributed by atoms with E-state index in [9.17, 15) is 0 Å². The predicted octanol–water partition coefficient (Wildman–Crippen LogP) is 2.12. The lowest BCUT2D eigenvalue weighted by molar-refractivity contribution is 0.473. The first kappa shape index (κ1) is 12.0. The molecule has 0 heterocycles. The lowest BCUT2D eigenvalue weighted by Crippen LogP contribution is -2.19. The van der Waals surface area contributed by atoms with E-state index in [0.29, 0.717) is 11.4 Å². The van der Waals surface area contributed by atoms with Crippen molar-refractivity contribution in [3.05, 3.63) is 0 Å². The van der Waals surface area contributed by atoms with Crippen molar-refractivity contribution in [1.29, 1.82) is 0 Å². The van der Waals surface area contributed by atoms with Crippen molar-refractivity contribution in [1.82, 2.24) is 0 Å². The summed E-state index contributed by atoms with van der Waals surface area (Å²) in [6.07, 6.45) is 6.19. The Hall–Kier alpha value is 0.0249. The first-order valence-electron chi connectivity index (χ1n) is 5.27. The summed E-state index contributed by atoms with van der Waals surface area (Å²) in [5.74, 6) is 0. The van der Waals surface area contributed by atoms with Crippen LogP contribution >= 0.6 is 0 Å². The van der Waals surface area contributed by atoms with Crippen LogP contribution in [0.1, 0.15) is 52.9 Å². The molecule has 0 aliphatic carbocycles. The average Bonchev–Trinajstić information content (AvgIpc) is 2.04. The summed E-state index contributed by atoms with van der Waals surface area (Å²) in [4.78, 5) is 0. The zero-order valence-corrected chi connectivity index (χ0v) is 9.19. The van der Waals surface area contributed by atoms with Crippen LogP contribution in [0.5, 0.6) is 0 Å². The largest absolute Gasteiger partial charge is 0.328 e. The van der Waals surface area contributed by atoms with Gasteiger partial charge in [-0.15, -0.1) is 0 Å². The number of hydrogen-bond donors (Lipinski definition) is 1. The smallest absolute Gasteiger partial charge is 0.109 e. The number of rotatable bonds is 6. The van der Waals surface area contributed by atoms with Crippen LogP contribution in [0.2, 0.25) is 5.31 Å². The fourth-order valence-corrected chi connectivity index (χ4v) is 1.22. The summed E-state index contributed by atoms with van der Waals surface area (Å²) in [6, 6.07) is 0.428. The minimum atomic E-state index is 0.428. The molecular formula is C10H24BN. The molecule has 0 aromatic rings. The maximum absolute atomic E-state index is 5.84. The SMILES string of the molecule is BC(C)(CC)CCCC(N)CC. The van der Waals surface area contributed by atoms with Gasteiger partial charge in [-0.2, -0.15) is 0 Å². The molecule has 1 nitrogen and oxygen atoms in total. The second kappa shape index (κ2) is 5.63. The van der Waals surface area contributed by atoms with E-state index in [2.05, 4.69) is 28.6 Å². The standard InChI is InChI=1S/C10H24BN/c1-4-9(12)7-6-8-10(3,11)5-2/h9H,4-8,11-12H2,1-3H3. The zero-order chi connectivity index (χ0) is 9.61. The molecule has 2 atom stereocenters. The van der Waals surface area contributed by atoms with Gasteiger partial charge in [-0.3, -0.25) is 0 Å².